The Morgan fingerprint density at radius 2 is 1.12 bits per heavy atom. The Kier molecular flexibility index (Phi) is 8.01. The van der Waals surface area contributed by atoms with Gasteiger partial charge in [-0.25, -0.2) is 9.97 Å². The van der Waals surface area contributed by atoms with Crippen molar-refractivity contribution in [2.45, 2.75) is 37.9 Å². The van der Waals surface area contributed by atoms with Crippen LogP contribution in [0.2, 0.25) is 0 Å². The molecule has 11 heteroatoms. The average molecular weight is 727 g/mol. The summed E-state index contributed by atoms with van der Waals surface area (Å²) in [6, 6.07) is 28.3. The van der Waals surface area contributed by atoms with Crippen LogP contribution in [0, 0.1) is 11.8 Å². The molecule has 2 saturated heterocycles. The molecule has 6 aromatic heterocycles. The first-order chi connectivity index (χ1) is 25.6. The van der Waals surface area contributed by atoms with Crippen molar-refractivity contribution in [3.05, 3.63) is 107 Å². The Morgan fingerprint density at radius 3 is 1.56 bits per heavy atom. The Morgan fingerprint density at radius 1 is 0.635 bits per heavy atom. The van der Waals surface area contributed by atoms with Crippen molar-refractivity contribution in [1.29, 1.82) is 0 Å². The highest BCUT2D eigenvalue weighted by atomic mass is 32.1. The van der Waals surface area contributed by atoms with Crippen LogP contribution in [0.25, 0.3) is 66.1 Å². The van der Waals surface area contributed by atoms with E-state index in [2.05, 4.69) is 46.4 Å². The summed E-state index contributed by atoms with van der Waals surface area (Å²) in [5.41, 5.74) is 5.57. The number of para-hydroxylation sites is 2. The van der Waals surface area contributed by atoms with E-state index >= 15 is 0 Å². The highest BCUT2D eigenvalue weighted by Gasteiger charge is 2.39. The smallest absolute Gasteiger partial charge is 0.153 e. The number of benzene rings is 2. The molecule has 0 spiro atoms. The van der Waals surface area contributed by atoms with E-state index in [-0.39, 0.29) is 24.0 Å². The molecule has 4 atom stereocenters. The number of nitrogens with zero attached hydrogens (tertiary/aromatic N) is 2. The molecule has 260 valence electrons. The molecule has 8 aromatic rings. The summed E-state index contributed by atoms with van der Waals surface area (Å²) >= 11 is 3.21. The van der Waals surface area contributed by atoms with Gasteiger partial charge in [0.15, 0.2) is 11.5 Å². The lowest BCUT2D eigenvalue weighted by molar-refractivity contribution is -0.137. The Balaban J connectivity index is 0.915. The van der Waals surface area contributed by atoms with Gasteiger partial charge in [-0.3, -0.25) is 4.79 Å². The molecule has 0 radical (unpaired) electrons. The summed E-state index contributed by atoms with van der Waals surface area (Å²) in [4.78, 5) is 33.5. The second-order valence-corrected chi connectivity index (χ2v) is 15.6. The molecule has 9 nitrogen and oxygen atoms in total. The van der Waals surface area contributed by atoms with Gasteiger partial charge in [-0.05, 0) is 74.2 Å². The number of carbonyl (C=O) groups excluding carboxylic acids is 1. The number of aromatic nitrogens is 4. The number of aromatic amines is 2. The number of H-pyrrole nitrogens is 2. The van der Waals surface area contributed by atoms with E-state index in [1.807, 2.05) is 48.5 Å². The molecule has 2 aliphatic rings. The number of Topliss-reactive ketones (excluding diaryl/α,β-unsaturated/α-hetero) is 1. The molecule has 2 aliphatic heterocycles. The van der Waals surface area contributed by atoms with Crippen molar-refractivity contribution in [1.82, 2.24) is 19.9 Å². The minimum atomic E-state index is -0.264. The van der Waals surface area contributed by atoms with Crippen LogP contribution in [0.1, 0.15) is 47.6 Å². The molecule has 2 fully saturated rings. The van der Waals surface area contributed by atoms with Gasteiger partial charge in [0.2, 0.25) is 0 Å². The lowest BCUT2D eigenvalue weighted by Gasteiger charge is -2.34. The van der Waals surface area contributed by atoms with E-state index in [0.717, 1.165) is 64.4 Å². The van der Waals surface area contributed by atoms with Crippen LogP contribution in [-0.2, 0) is 14.3 Å². The molecule has 52 heavy (non-hydrogen) atoms. The molecule has 0 amide bonds. The van der Waals surface area contributed by atoms with E-state index in [1.54, 1.807) is 35.2 Å². The van der Waals surface area contributed by atoms with E-state index < -0.39 is 0 Å². The van der Waals surface area contributed by atoms with Crippen LogP contribution >= 0.6 is 22.7 Å². The number of hydrogen-bond acceptors (Lipinski definition) is 9. The number of rotatable bonds is 8. The Bertz CT molecular complexity index is 2270. The van der Waals surface area contributed by atoms with E-state index in [1.165, 1.54) is 0 Å². The number of hydrogen-bond donors (Lipinski definition) is 2. The third-order valence-corrected chi connectivity index (χ3v) is 12.7. The number of ketones is 1. The zero-order valence-corrected chi connectivity index (χ0v) is 29.7. The third-order valence-electron chi connectivity index (χ3n) is 10.3. The first-order valence-electron chi connectivity index (χ1n) is 17.7. The van der Waals surface area contributed by atoms with Crippen molar-refractivity contribution in [3.8, 4) is 44.3 Å². The van der Waals surface area contributed by atoms with Crippen molar-refractivity contribution in [3.63, 3.8) is 0 Å². The van der Waals surface area contributed by atoms with Gasteiger partial charge in [-0.2, -0.15) is 0 Å². The topological polar surface area (TPSA) is 119 Å². The number of ether oxygens (including phenoxy) is 2. The molecule has 0 saturated carbocycles. The van der Waals surface area contributed by atoms with Crippen LogP contribution in [-0.4, -0.2) is 38.9 Å². The molecule has 8 heterocycles. The quantitative estimate of drug-likeness (QED) is 0.160. The lowest BCUT2D eigenvalue weighted by Crippen LogP contribution is -2.34. The second kappa shape index (κ2) is 13.2. The van der Waals surface area contributed by atoms with Gasteiger partial charge in [0.05, 0.1) is 45.9 Å². The highest BCUT2D eigenvalue weighted by Crippen LogP contribution is 2.47. The molecule has 0 bridgehead atoms. The fraction of sp³-hybridized carbons (Fsp3) is 0.244. The maximum Gasteiger partial charge on any atom is 0.153 e. The van der Waals surface area contributed by atoms with E-state index in [0.29, 0.717) is 56.2 Å². The van der Waals surface area contributed by atoms with Crippen molar-refractivity contribution in [2.24, 2.45) is 11.8 Å². The van der Waals surface area contributed by atoms with Gasteiger partial charge in [0.25, 0.3) is 0 Å². The first kappa shape index (κ1) is 31.6. The predicted octanol–water partition coefficient (Wildman–Crippen LogP) is 10.6. The summed E-state index contributed by atoms with van der Waals surface area (Å²) < 4.78 is 24.5. The van der Waals surface area contributed by atoms with Gasteiger partial charge in [-0.15, -0.1) is 22.7 Å². The standard InChI is InChI=1S/C41H34N4O5S2/c46-37(25-13-17-49-33(21-25)38-35(31-11-5-15-47-31)44-40(51-38)29-19-23-7-1-3-9-27(23)42-29)26-14-18-50-34(22-26)39-36(32-12-6-16-48-32)45-41(52-39)30-20-24-8-2-4-10-28(24)43-30/h1-12,15-16,19-20,25-26,33-34,42-43H,13-14,17-18,21-22H2. The van der Waals surface area contributed by atoms with E-state index in [4.69, 9.17) is 28.3 Å². The number of furan rings is 2. The molecule has 4 unspecified atom stereocenters. The van der Waals surface area contributed by atoms with E-state index in [9.17, 15) is 4.79 Å². The van der Waals surface area contributed by atoms with Gasteiger partial charge in [0.1, 0.15) is 27.2 Å². The third kappa shape index (κ3) is 5.74. The molecular formula is C41H34N4O5S2. The second-order valence-electron chi connectivity index (χ2n) is 13.5. The van der Waals surface area contributed by atoms with Crippen LogP contribution in [0.15, 0.2) is 106 Å². The maximum absolute atomic E-state index is 14.4. The first-order valence-corrected chi connectivity index (χ1v) is 19.3. The van der Waals surface area contributed by atoms with Gasteiger partial charge in [-0.1, -0.05) is 36.4 Å². The van der Waals surface area contributed by atoms with Crippen LogP contribution in [0.4, 0.5) is 0 Å². The average Bonchev–Trinajstić information content (AvgIpc) is 4.03. The van der Waals surface area contributed by atoms with Gasteiger partial charge < -0.3 is 28.3 Å². The fourth-order valence-electron chi connectivity index (χ4n) is 7.70. The summed E-state index contributed by atoms with van der Waals surface area (Å²) in [6.45, 7) is 1.02. The molecule has 2 N–H and O–H groups in total. The summed E-state index contributed by atoms with van der Waals surface area (Å²) in [5.74, 6) is 1.43. The maximum atomic E-state index is 14.4. The van der Waals surface area contributed by atoms with Crippen LogP contribution < -0.4 is 0 Å². The Hall–Kier alpha value is -5.07. The summed E-state index contributed by atoms with van der Waals surface area (Å²) in [7, 11) is 0. The SMILES string of the molecule is O=C(C1CCOC(c2sc(-c3cc4ccccc4[nH]3)nc2-c2ccco2)C1)C1CCOC(c2sc(-c3cc4ccccc4[nH]3)nc2-c2ccco2)C1. The fourth-order valence-corrected chi connectivity index (χ4v) is 9.90. The van der Waals surface area contributed by atoms with Crippen molar-refractivity contribution in [2.75, 3.05) is 13.2 Å². The number of fused-ring (bicyclic) bond motifs is 2. The highest BCUT2D eigenvalue weighted by molar-refractivity contribution is 7.15. The summed E-state index contributed by atoms with van der Waals surface area (Å²) in [5, 5.41) is 4.00. The molecule has 10 rings (SSSR count). The molecular weight excluding hydrogens is 693 g/mol. The monoisotopic (exact) mass is 726 g/mol. The Labute approximate surface area is 306 Å². The van der Waals surface area contributed by atoms with Crippen molar-refractivity contribution < 1.29 is 23.1 Å². The largest absolute Gasteiger partial charge is 0.463 e. The van der Waals surface area contributed by atoms with Crippen molar-refractivity contribution >= 4 is 50.3 Å². The molecule has 2 aromatic carbocycles. The van der Waals surface area contributed by atoms with Gasteiger partial charge >= 0.3 is 0 Å². The van der Waals surface area contributed by atoms with Crippen LogP contribution in [0.3, 0.4) is 0 Å². The van der Waals surface area contributed by atoms with Crippen LogP contribution in [0.5, 0.6) is 0 Å². The number of nitrogens with one attached hydrogen (secondary N) is 2. The lowest BCUT2D eigenvalue weighted by atomic mass is 9.80. The minimum absolute atomic E-state index is 0.126. The zero-order valence-electron chi connectivity index (χ0n) is 28.0. The zero-order chi connectivity index (χ0) is 34.6. The molecule has 0 aliphatic carbocycles. The van der Waals surface area contributed by atoms with Gasteiger partial charge in [0, 0.05) is 46.9 Å². The number of carbonyl (C=O) groups is 1. The normalized spacial score (nSPS) is 20.9. The summed E-state index contributed by atoms with van der Waals surface area (Å²) in [6.07, 6.45) is 5.41. The number of thiazole rings is 2. The minimum Gasteiger partial charge on any atom is -0.463 e. The predicted molar refractivity (Wildman–Crippen MR) is 202 cm³/mol.